The fourth-order valence-electron chi connectivity index (χ4n) is 3.16. The lowest BCUT2D eigenvalue weighted by Crippen LogP contribution is -2.28. The molecule has 5 nitrogen and oxygen atoms in total. The highest BCUT2D eigenvalue weighted by Crippen LogP contribution is 2.21. The zero-order valence-electron chi connectivity index (χ0n) is 16.2. The maximum Gasteiger partial charge on any atom is 0.339 e. The van der Waals surface area contributed by atoms with Crippen LogP contribution in [0.25, 0.3) is 11.0 Å². The van der Waals surface area contributed by atoms with Crippen molar-refractivity contribution in [1.82, 2.24) is 4.57 Å². The van der Waals surface area contributed by atoms with Gasteiger partial charge in [0.25, 0.3) is 0 Å². The zero-order valence-corrected chi connectivity index (χ0v) is 16.2. The number of hydrogen-bond acceptors (Lipinski definition) is 4. The normalized spacial score (nSPS) is 12.1. The molecule has 0 saturated carbocycles. The number of benzene rings is 1. The Hall–Kier alpha value is -2.95. The lowest BCUT2D eigenvalue weighted by molar-refractivity contribution is 0.0897. The van der Waals surface area contributed by atoms with E-state index in [9.17, 15) is 9.59 Å². The van der Waals surface area contributed by atoms with Gasteiger partial charge in [-0.25, -0.2) is 4.79 Å². The van der Waals surface area contributed by atoms with Crippen LogP contribution < -0.4 is 11.1 Å². The molecule has 0 radical (unpaired) electrons. The van der Waals surface area contributed by atoms with Crippen molar-refractivity contribution in [3.63, 3.8) is 0 Å². The molecule has 3 rings (SSSR count). The second kappa shape index (κ2) is 7.74. The molecule has 0 bridgehead atoms. The van der Waals surface area contributed by atoms with Gasteiger partial charge in [-0.05, 0) is 63.4 Å². The van der Waals surface area contributed by atoms with E-state index in [1.54, 1.807) is 16.8 Å². The average Bonchev–Trinajstić information content (AvgIpc) is 2.61. The fraction of sp³-hybridized carbons (Fsp3) is 0.318. The molecule has 0 N–H and O–H groups in total. The Morgan fingerprint density at radius 3 is 2.70 bits per heavy atom. The summed E-state index contributed by atoms with van der Waals surface area (Å²) in [7, 11) is 0. The summed E-state index contributed by atoms with van der Waals surface area (Å²) >= 11 is 0. The molecule has 5 heteroatoms. The molecule has 0 atom stereocenters. The Bertz CT molecular complexity index is 1120. The van der Waals surface area contributed by atoms with Gasteiger partial charge in [-0.3, -0.25) is 14.4 Å². The van der Waals surface area contributed by atoms with Gasteiger partial charge in [0, 0.05) is 29.6 Å². The van der Waals surface area contributed by atoms with Gasteiger partial charge in [-0.15, -0.1) is 0 Å². The maximum atomic E-state index is 12.7. The van der Waals surface area contributed by atoms with Crippen molar-refractivity contribution in [3.05, 3.63) is 75.2 Å². The third-order valence-electron chi connectivity index (χ3n) is 4.53. The Morgan fingerprint density at radius 2 is 1.96 bits per heavy atom. The number of carbonyl (C=O) groups excluding carboxylic acids is 1. The third kappa shape index (κ3) is 4.08. The van der Waals surface area contributed by atoms with Crippen LogP contribution in [0, 0.1) is 13.8 Å². The Kier molecular flexibility index (Phi) is 5.40. The van der Waals surface area contributed by atoms with E-state index in [0.717, 1.165) is 16.5 Å². The molecule has 3 aromatic rings. The molecule has 2 heterocycles. The van der Waals surface area contributed by atoms with Crippen LogP contribution in [0.2, 0.25) is 0 Å². The number of aromatic nitrogens is 1. The molecular weight excluding hydrogens is 340 g/mol. The molecule has 0 aliphatic rings. The van der Waals surface area contributed by atoms with Gasteiger partial charge < -0.3 is 4.42 Å². The van der Waals surface area contributed by atoms with Crippen LogP contribution >= 0.6 is 0 Å². The molecule has 1 aromatic carbocycles. The summed E-state index contributed by atoms with van der Waals surface area (Å²) in [5.74, 6) is -0.0993. The molecule has 140 valence electrons. The number of nitrogens with zero attached hydrogens (tertiary/aromatic N) is 2. The number of fused-ring (bicyclic) bond motifs is 1. The van der Waals surface area contributed by atoms with Crippen LogP contribution in [0.4, 0.5) is 0 Å². The van der Waals surface area contributed by atoms with Crippen molar-refractivity contribution in [2.75, 3.05) is 0 Å². The summed E-state index contributed by atoms with van der Waals surface area (Å²) in [4.78, 5) is 29.6. The topological polar surface area (TPSA) is 64.6 Å². The summed E-state index contributed by atoms with van der Waals surface area (Å²) in [5, 5.41) is 0.908. The van der Waals surface area contributed by atoms with Crippen LogP contribution in [0.15, 0.2) is 56.8 Å². The molecule has 0 amide bonds. The quantitative estimate of drug-likeness (QED) is 0.662. The highest BCUT2D eigenvalue weighted by atomic mass is 16.4. The minimum absolute atomic E-state index is 0.0877. The molecular formula is C22H24N2O3. The summed E-state index contributed by atoms with van der Waals surface area (Å²) in [6.07, 6.45) is 2.25. The number of hydrogen-bond donors (Lipinski definition) is 0. The van der Waals surface area contributed by atoms with Crippen molar-refractivity contribution in [3.8, 4) is 0 Å². The molecule has 0 spiro atoms. The van der Waals surface area contributed by atoms with Gasteiger partial charge in [-0.1, -0.05) is 18.2 Å². The van der Waals surface area contributed by atoms with E-state index in [1.165, 1.54) is 0 Å². The zero-order chi connectivity index (χ0) is 19.6. The van der Waals surface area contributed by atoms with E-state index in [2.05, 4.69) is 4.99 Å². The van der Waals surface area contributed by atoms with Gasteiger partial charge in [0.2, 0.25) is 5.91 Å². The van der Waals surface area contributed by atoms with Crippen molar-refractivity contribution in [2.24, 2.45) is 4.99 Å². The highest BCUT2D eigenvalue weighted by molar-refractivity contribution is 5.82. The van der Waals surface area contributed by atoms with Gasteiger partial charge in [0.1, 0.15) is 11.1 Å². The van der Waals surface area contributed by atoms with Crippen LogP contribution in [0.3, 0.4) is 0 Å². The molecule has 27 heavy (non-hydrogen) atoms. The largest absolute Gasteiger partial charge is 0.423 e. The van der Waals surface area contributed by atoms with E-state index in [-0.39, 0.29) is 24.0 Å². The second-order valence-corrected chi connectivity index (χ2v) is 7.04. The Balaban J connectivity index is 1.91. The number of carbonyl (C=O) groups is 1. The minimum Gasteiger partial charge on any atom is -0.423 e. The van der Waals surface area contributed by atoms with Crippen molar-refractivity contribution in [1.29, 1.82) is 0 Å². The van der Waals surface area contributed by atoms with Gasteiger partial charge in [0.05, 0.1) is 0 Å². The van der Waals surface area contributed by atoms with Gasteiger partial charge in [0.15, 0.2) is 0 Å². The first-order valence-corrected chi connectivity index (χ1v) is 9.14. The van der Waals surface area contributed by atoms with Gasteiger partial charge >= 0.3 is 5.63 Å². The molecule has 2 aromatic heterocycles. The van der Waals surface area contributed by atoms with Crippen molar-refractivity contribution < 1.29 is 9.21 Å². The lowest BCUT2D eigenvalue weighted by Gasteiger charge is -2.10. The lowest BCUT2D eigenvalue weighted by atomic mass is 10.0. The molecule has 0 saturated heterocycles. The number of aryl methyl sites for hydroxylation is 2. The SMILES string of the molecule is Cc1ccc2c(C)c(CCC(=O)n3ccccc3=NC(C)C)c(=O)oc2c1. The first-order chi connectivity index (χ1) is 12.9. The van der Waals surface area contributed by atoms with Crippen LogP contribution in [-0.2, 0) is 6.42 Å². The predicted octanol–water partition coefficient (Wildman–Crippen LogP) is 3.79. The number of rotatable bonds is 4. The van der Waals surface area contributed by atoms with Crippen LogP contribution in [0.5, 0.6) is 0 Å². The standard InChI is InChI=1S/C22H24N2O3/c1-14(2)23-20-7-5-6-12-24(20)21(25)11-10-18-16(4)17-9-8-15(3)13-19(17)27-22(18)26/h5-9,12-14H,10-11H2,1-4H3. The Morgan fingerprint density at radius 1 is 1.19 bits per heavy atom. The van der Waals surface area contributed by atoms with Crippen molar-refractivity contribution >= 4 is 16.9 Å². The molecule has 0 fully saturated rings. The van der Waals surface area contributed by atoms with E-state index in [1.807, 2.05) is 58.0 Å². The average molecular weight is 364 g/mol. The van der Waals surface area contributed by atoms with E-state index >= 15 is 0 Å². The van der Waals surface area contributed by atoms with Gasteiger partial charge in [-0.2, -0.15) is 0 Å². The van der Waals surface area contributed by atoms with E-state index in [4.69, 9.17) is 4.42 Å². The summed E-state index contributed by atoms with van der Waals surface area (Å²) in [6, 6.07) is 11.4. The molecule has 0 unspecified atom stereocenters. The predicted molar refractivity (Wildman–Crippen MR) is 106 cm³/mol. The second-order valence-electron chi connectivity index (χ2n) is 7.04. The fourth-order valence-corrected chi connectivity index (χ4v) is 3.16. The third-order valence-corrected chi connectivity index (χ3v) is 4.53. The van der Waals surface area contributed by atoms with Crippen LogP contribution in [0.1, 0.15) is 41.8 Å². The van der Waals surface area contributed by atoms with Crippen LogP contribution in [-0.4, -0.2) is 16.5 Å². The van der Waals surface area contributed by atoms with E-state index in [0.29, 0.717) is 23.1 Å². The monoisotopic (exact) mass is 364 g/mol. The number of pyridine rings is 1. The molecule has 0 aliphatic carbocycles. The summed E-state index contributed by atoms with van der Waals surface area (Å²) < 4.78 is 7.02. The minimum atomic E-state index is -0.372. The van der Waals surface area contributed by atoms with Crippen molar-refractivity contribution in [2.45, 2.75) is 46.6 Å². The molecule has 0 aliphatic heterocycles. The summed E-state index contributed by atoms with van der Waals surface area (Å²) in [6.45, 7) is 7.79. The smallest absolute Gasteiger partial charge is 0.339 e. The highest BCUT2D eigenvalue weighted by Gasteiger charge is 2.14. The first kappa shape index (κ1) is 18.8. The maximum absolute atomic E-state index is 12.7. The first-order valence-electron chi connectivity index (χ1n) is 9.14. The Labute approximate surface area is 158 Å². The summed E-state index contributed by atoms with van der Waals surface area (Å²) in [5.41, 5.74) is 3.30. The van der Waals surface area contributed by atoms with E-state index < -0.39 is 0 Å².